The third kappa shape index (κ3) is 2.03. The third-order valence-corrected chi connectivity index (χ3v) is 3.52. The van der Waals surface area contributed by atoms with Gasteiger partial charge in [0.1, 0.15) is 5.82 Å². The number of aryl methyl sites for hydroxylation is 1. The van der Waals surface area contributed by atoms with Crippen molar-refractivity contribution in [2.24, 2.45) is 0 Å². The second kappa shape index (κ2) is 4.63. The number of H-pyrrole nitrogens is 1. The lowest BCUT2D eigenvalue weighted by Gasteiger charge is -2.33. The Morgan fingerprint density at radius 2 is 2.15 bits per heavy atom. The maximum Gasteiger partial charge on any atom is 0.222 e. The number of rotatable bonds is 2. The Morgan fingerprint density at radius 3 is 2.80 bits per heavy atom. The summed E-state index contributed by atoms with van der Waals surface area (Å²) in [4.78, 5) is 10.9. The molecule has 1 aliphatic rings. The van der Waals surface area contributed by atoms with Gasteiger partial charge >= 0.3 is 0 Å². The fraction of sp³-hybridized carbons (Fsp3) is 0.357. The van der Waals surface area contributed by atoms with Gasteiger partial charge in [-0.25, -0.2) is 4.98 Å². The van der Waals surface area contributed by atoms with E-state index in [4.69, 9.17) is 5.73 Å². The normalized spacial score (nSPS) is 14.4. The lowest BCUT2D eigenvalue weighted by Crippen LogP contribution is -2.36. The molecule has 104 valence electrons. The van der Waals surface area contributed by atoms with Gasteiger partial charge in [-0.3, -0.25) is 5.10 Å². The Kier molecular flexibility index (Phi) is 2.93. The number of hydrogen-bond acceptors (Lipinski definition) is 5. The molecule has 0 spiro atoms. The number of nitrogens with one attached hydrogen (secondary N) is 1. The summed E-state index contributed by atoms with van der Waals surface area (Å²) in [5, 5.41) is 7.13. The molecular formula is C14H18N6. The molecule has 0 saturated carbocycles. The van der Waals surface area contributed by atoms with Gasteiger partial charge in [0.05, 0.1) is 11.4 Å². The van der Waals surface area contributed by atoms with Gasteiger partial charge in [-0.15, -0.1) is 0 Å². The van der Waals surface area contributed by atoms with E-state index in [1.807, 2.05) is 19.2 Å². The van der Waals surface area contributed by atoms with Crippen molar-refractivity contribution in [3.05, 3.63) is 29.2 Å². The van der Waals surface area contributed by atoms with Crippen LogP contribution in [0.25, 0.3) is 11.6 Å². The Bertz CT molecular complexity index is 657. The van der Waals surface area contributed by atoms with E-state index in [9.17, 15) is 0 Å². The molecular weight excluding hydrogens is 252 g/mol. The molecule has 6 nitrogen and oxygen atoms in total. The Hall–Kier alpha value is -2.37. The lowest BCUT2D eigenvalue weighted by atomic mass is 10.0. The number of anilines is 2. The standard InChI is InChI=1S/C14H18N6/c1-8(2)20-7-10(12-4-5-16-19-12)6-11-9(3)17-14(15)18-13(11)20/h4-6,8H,7H2,1-3H3,(H,16,19)(H2,15,17,18). The van der Waals surface area contributed by atoms with Crippen LogP contribution in [0, 0.1) is 6.92 Å². The zero-order valence-electron chi connectivity index (χ0n) is 11.9. The van der Waals surface area contributed by atoms with Gasteiger partial charge in [0, 0.05) is 24.3 Å². The van der Waals surface area contributed by atoms with Crippen molar-refractivity contribution in [2.75, 3.05) is 17.2 Å². The summed E-state index contributed by atoms with van der Waals surface area (Å²) in [6, 6.07) is 2.30. The van der Waals surface area contributed by atoms with Crippen LogP contribution in [0.5, 0.6) is 0 Å². The van der Waals surface area contributed by atoms with Crippen molar-refractivity contribution in [1.82, 2.24) is 20.2 Å². The number of fused-ring (bicyclic) bond motifs is 1. The molecule has 20 heavy (non-hydrogen) atoms. The van der Waals surface area contributed by atoms with Crippen molar-refractivity contribution in [1.29, 1.82) is 0 Å². The molecule has 0 amide bonds. The van der Waals surface area contributed by atoms with Gasteiger partial charge in [0.15, 0.2) is 0 Å². The first-order valence-corrected chi connectivity index (χ1v) is 6.67. The first kappa shape index (κ1) is 12.7. The zero-order chi connectivity index (χ0) is 14.3. The second-order valence-corrected chi connectivity index (χ2v) is 5.26. The summed E-state index contributed by atoms with van der Waals surface area (Å²) in [6.07, 6.45) is 3.94. The van der Waals surface area contributed by atoms with Gasteiger partial charge in [0.2, 0.25) is 5.95 Å². The van der Waals surface area contributed by atoms with Crippen LogP contribution in [0.15, 0.2) is 12.3 Å². The maximum atomic E-state index is 5.79. The average molecular weight is 270 g/mol. The van der Waals surface area contributed by atoms with E-state index in [0.717, 1.165) is 34.9 Å². The predicted octanol–water partition coefficient (Wildman–Crippen LogP) is 1.86. The maximum absolute atomic E-state index is 5.79. The Morgan fingerprint density at radius 1 is 1.35 bits per heavy atom. The summed E-state index contributed by atoms with van der Waals surface area (Å²) in [7, 11) is 0. The first-order chi connectivity index (χ1) is 9.56. The number of nitrogen functional groups attached to an aromatic ring is 1. The fourth-order valence-electron chi connectivity index (χ4n) is 2.47. The van der Waals surface area contributed by atoms with Gasteiger partial charge in [-0.1, -0.05) is 0 Å². The van der Waals surface area contributed by atoms with Crippen molar-refractivity contribution < 1.29 is 0 Å². The molecule has 3 rings (SSSR count). The predicted molar refractivity (Wildman–Crippen MR) is 80.1 cm³/mol. The number of nitrogens with two attached hydrogens (primary N) is 1. The summed E-state index contributed by atoms with van der Waals surface area (Å²) >= 11 is 0. The molecule has 0 fully saturated rings. The van der Waals surface area contributed by atoms with Gasteiger partial charge in [-0.05, 0) is 38.5 Å². The van der Waals surface area contributed by atoms with Crippen LogP contribution in [0.1, 0.15) is 30.8 Å². The quantitative estimate of drug-likeness (QED) is 0.870. The summed E-state index contributed by atoms with van der Waals surface area (Å²) in [5.74, 6) is 1.23. The third-order valence-electron chi connectivity index (χ3n) is 3.52. The molecule has 0 atom stereocenters. The highest BCUT2D eigenvalue weighted by molar-refractivity contribution is 5.90. The summed E-state index contributed by atoms with van der Waals surface area (Å²) in [5.41, 5.74) is 9.82. The van der Waals surface area contributed by atoms with Gasteiger partial charge in [0.25, 0.3) is 0 Å². The highest BCUT2D eigenvalue weighted by atomic mass is 15.2. The lowest BCUT2D eigenvalue weighted by molar-refractivity contribution is 0.710. The summed E-state index contributed by atoms with van der Waals surface area (Å²) in [6.45, 7) is 7.01. The van der Waals surface area contributed by atoms with E-state index < -0.39 is 0 Å². The van der Waals surface area contributed by atoms with Crippen molar-refractivity contribution in [3.63, 3.8) is 0 Å². The van der Waals surface area contributed by atoms with Crippen LogP contribution in [-0.4, -0.2) is 32.8 Å². The van der Waals surface area contributed by atoms with E-state index in [1.54, 1.807) is 0 Å². The van der Waals surface area contributed by atoms with Crippen LogP contribution in [0.4, 0.5) is 11.8 Å². The first-order valence-electron chi connectivity index (χ1n) is 6.67. The molecule has 0 saturated heterocycles. The largest absolute Gasteiger partial charge is 0.368 e. The van der Waals surface area contributed by atoms with Crippen molar-refractivity contribution in [3.8, 4) is 0 Å². The minimum atomic E-state index is 0.323. The fourth-order valence-corrected chi connectivity index (χ4v) is 2.47. The van der Waals surface area contributed by atoms with E-state index >= 15 is 0 Å². The van der Waals surface area contributed by atoms with Crippen LogP contribution < -0.4 is 10.6 Å². The molecule has 6 heteroatoms. The number of aromatic amines is 1. The van der Waals surface area contributed by atoms with E-state index in [-0.39, 0.29) is 0 Å². The SMILES string of the molecule is Cc1nc(N)nc2c1C=C(c1cc[nH]n1)CN2C(C)C. The van der Waals surface area contributed by atoms with Crippen molar-refractivity contribution in [2.45, 2.75) is 26.8 Å². The molecule has 2 aromatic rings. The minimum Gasteiger partial charge on any atom is -0.368 e. The number of nitrogens with zero attached hydrogens (tertiary/aromatic N) is 4. The topological polar surface area (TPSA) is 83.7 Å². The summed E-state index contributed by atoms with van der Waals surface area (Å²) < 4.78 is 0. The van der Waals surface area contributed by atoms with Crippen LogP contribution >= 0.6 is 0 Å². The van der Waals surface area contributed by atoms with E-state index in [2.05, 4.69) is 45.0 Å². The second-order valence-electron chi connectivity index (χ2n) is 5.26. The average Bonchev–Trinajstić information content (AvgIpc) is 2.91. The highest BCUT2D eigenvalue weighted by Gasteiger charge is 2.25. The molecule has 0 bridgehead atoms. The minimum absolute atomic E-state index is 0.323. The number of aromatic nitrogens is 4. The Labute approximate surface area is 117 Å². The van der Waals surface area contributed by atoms with Crippen LogP contribution in [0.3, 0.4) is 0 Å². The number of hydrogen-bond donors (Lipinski definition) is 2. The monoisotopic (exact) mass is 270 g/mol. The molecule has 3 N–H and O–H groups in total. The smallest absolute Gasteiger partial charge is 0.222 e. The Balaban J connectivity index is 2.17. The molecule has 3 heterocycles. The molecule has 1 aliphatic heterocycles. The van der Waals surface area contributed by atoms with Crippen LogP contribution in [-0.2, 0) is 0 Å². The zero-order valence-corrected chi connectivity index (χ0v) is 11.9. The van der Waals surface area contributed by atoms with Gasteiger partial charge in [-0.2, -0.15) is 10.1 Å². The molecule has 0 aromatic carbocycles. The van der Waals surface area contributed by atoms with Gasteiger partial charge < -0.3 is 10.6 Å². The molecule has 0 radical (unpaired) electrons. The molecule has 0 aliphatic carbocycles. The van der Waals surface area contributed by atoms with E-state index in [1.165, 1.54) is 0 Å². The molecule has 2 aromatic heterocycles. The van der Waals surface area contributed by atoms with Crippen molar-refractivity contribution >= 4 is 23.4 Å². The highest BCUT2D eigenvalue weighted by Crippen LogP contribution is 2.33. The van der Waals surface area contributed by atoms with Crippen LogP contribution in [0.2, 0.25) is 0 Å². The molecule has 0 unspecified atom stereocenters. The van der Waals surface area contributed by atoms with E-state index in [0.29, 0.717) is 12.0 Å².